The van der Waals surface area contributed by atoms with E-state index in [1.54, 1.807) is 12.4 Å². The largest absolute Gasteiger partial charge is 0.349 e. The molecule has 1 aromatic carbocycles. The second-order valence-corrected chi connectivity index (χ2v) is 4.13. The van der Waals surface area contributed by atoms with Crippen LogP contribution in [-0.4, -0.2) is 16.5 Å². The Morgan fingerprint density at radius 3 is 2.89 bits per heavy atom. The minimum Gasteiger partial charge on any atom is -0.349 e. The van der Waals surface area contributed by atoms with Crippen LogP contribution in [0.2, 0.25) is 0 Å². The summed E-state index contributed by atoms with van der Waals surface area (Å²) in [6, 6.07) is 3.47. The predicted octanol–water partition coefficient (Wildman–Crippen LogP) is 2.58. The van der Waals surface area contributed by atoms with Crippen molar-refractivity contribution in [1.29, 1.82) is 0 Å². The van der Waals surface area contributed by atoms with Gasteiger partial charge in [0.25, 0.3) is 0 Å². The number of aromatic nitrogens is 2. The number of rotatable bonds is 5. The van der Waals surface area contributed by atoms with Crippen molar-refractivity contribution >= 4 is 0 Å². The predicted molar refractivity (Wildman–Crippen MR) is 65.1 cm³/mol. The van der Waals surface area contributed by atoms with Gasteiger partial charge in [-0.1, -0.05) is 6.07 Å². The number of imidazole rings is 1. The Morgan fingerprint density at radius 2 is 2.22 bits per heavy atom. The van der Waals surface area contributed by atoms with Crippen LogP contribution in [0.5, 0.6) is 0 Å². The van der Waals surface area contributed by atoms with Crippen LogP contribution in [0.4, 0.5) is 8.78 Å². The molecule has 5 heteroatoms. The van der Waals surface area contributed by atoms with Gasteiger partial charge >= 0.3 is 0 Å². The van der Waals surface area contributed by atoms with Crippen molar-refractivity contribution in [3.63, 3.8) is 0 Å². The summed E-state index contributed by atoms with van der Waals surface area (Å²) in [5, 5.41) is 3.18. The molecule has 3 nitrogen and oxygen atoms in total. The summed E-state index contributed by atoms with van der Waals surface area (Å²) in [4.78, 5) is 7.09. The summed E-state index contributed by atoms with van der Waals surface area (Å²) in [6.45, 7) is 2.52. The van der Waals surface area contributed by atoms with Crippen LogP contribution in [0.25, 0.3) is 0 Å². The highest BCUT2D eigenvalue weighted by atomic mass is 19.1. The molecule has 0 fully saturated rings. The minimum atomic E-state index is -0.556. The van der Waals surface area contributed by atoms with Crippen LogP contribution >= 0.6 is 0 Å². The molecule has 2 N–H and O–H groups in total. The lowest BCUT2D eigenvalue weighted by atomic mass is 10.1. The molecule has 1 aromatic heterocycles. The fourth-order valence-electron chi connectivity index (χ4n) is 1.80. The van der Waals surface area contributed by atoms with Crippen molar-refractivity contribution in [2.45, 2.75) is 19.4 Å². The lowest BCUT2D eigenvalue weighted by molar-refractivity contribution is 0.518. The molecule has 0 aliphatic heterocycles. The first-order valence-corrected chi connectivity index (χ1v) is 5.83. The molecule has 0 radical (unpaired) electrons. The maximum Gasteiger partial charge on any atom is 0.130 e. The average molecular weight is 251 g/mol. The lowest BCUT2D eigenvalue weighted by Gasteiger charge is -2.14. The Hall–Kier alpha value is -1.75. The molecular formula is C13H15F2N3. The molecule has 1 atom stereocenters. The van der Waals surface area contributed by atoms with Gasteiger partial charge in [-0.25, -0.2) is 13.8 Å². The Kier molecular flexibility index (Phi) is 4.04. The Morgan fingerprint density at radius 1 is 1.39 bits per heavy atom. The van der Waals surface area contributed by atoms with Gasteiger partial charge in [0, 0.05) is 43.0 Å². The van der Waals surface area contributed by atoms with Gasteiger partial charge in [-0.15, -0.1) is 0 Å². The number of H-pyrrole nitrogens is 1. The SMILES string of the molecule is CC(NCCc1ncc[nH]1)c1ccc(F)cc1F. The highest BCUT2D eigenvalue weighted by Crippen LogP contribution is 2.17. The highest BCUT2D eigenvalue weighted by molar-refractivity contribution is 5.21. The van der Waals surface area contributed by atoms with E-state index in [4.69, 9.17) is 0 Å². The third-order valence-corrected chi connectivity index (χ3v) is 2.80. The zero-order chi connectivity index (χ0) is 13.0. The second-order valence-electron chi connectivity index (χ2n) is 4.13. The third-order valence-electron chi connectivity index (χ3n) is 2.80. The monoisotopic (exact) mass is 251 g/mol. The Balaban J connectivity index is 1.89. The summed E-state index contributed by atoms with van der Waals surface area (Å²) < 4.78 is 26.3. The van der Waals surface area contributed by atoms with Crippen LogP contribution in [0.1, 0.15) is 24.4 Å². The number of hydrogen-bond donors (Lipinski definition) is 2. The van der Waals surface area contributed by atoms with Gasteiger partial charge in [-0.05, 0) is 13.0 Å². The van der Waals surface area contributed by atoms with Crippen molar-refractivity contribution in [1.82, 2.24) is 15.3 Å². The van der Waals surface area contributed by atoms with E-state index in [1.807, 2.05) is 6.92 Å². The standard InChI is InChI=1S/C13H15F2N3/c1-9(11-3-2-10(14)8-12(11)15)16-5-4-13-17-6-7-18-13/h2-3,6-9,16H,4-5H2,1H3,(H,17,18). The van der Waals surface area contributed by atoms with E-state index in [0.717, 1.165) is 18.3 Å². The lowest BCUT2D eigenvalue weighted by Crippen LogP contribution is -2.22. The van der Waals surface area contributed by atoms with E-state index >= 15 is 0 Å². The smallest absolute Gasteiger partial charge is 0.130 e. The van der Waals surface area contributed by atoms with Crippen molar-refractivity contribution in [3.05, 3.63) is 53.6 Å². The van der Waals surface area contributed by atoms with Gasteiger partial charge in [0.15, 0.2) is 0 Å². The van der Waals surface area contributed by atoms with E-state index in [-0.39, 0.29) is 6.04 Å². The molecule has 0 aliphatic rings. The summed E-state index contributed by atoms with van der Waals surface area (Å²) in [6.07, 6.45) is 4.19. The number of aromatic amines is 1. The van der Waals surface area contributed by atoms with Gasteiger partial charge < -0.3 is 10.3 Å². The van der Waals surface area contributed by atoms with Gasteiger partial charge in [-0.2, -0.15) is 0 Å². The quantitative estimate of drug-likeness (QED) is 0.857. The molecule has 0 aliphatic carbocycles. The molecule has 0 saturated heterocycles. The van der Waals surface area contributed by atoms with Crippen molar-refractivity contribution in [2.75, 3.05) is 6.54 Å². The van der Waals surface area contributed by atoms with E-state index in [9.17, 15) is 8.78 Å². The van der Waals surface area contributed by atoms with Crippen LogP contribution in [0, 0.1) is 11.6 Å². The molecule has 0 amide bonds. The first kappa shape index (κ1) is 12.7. The average Bonchev–Trinajstić information content (AvgIpc) is 2.81. The number of nitrogens with one attached hydrogen (secondary N) is 2. The third kappa shape index (κ3) is 3.13. The number of hydrogen-bond acceptors (Lipinski definition) is 2. The van der Waals surface area contributed by atoms with E-state index < -0.39 is 11.6 Å². The molecule has 0 saturated carbocycles. The van der Waals surface area contributed by atoms with Crippen LogP contribution in [-0.2, 0) is 6.42 Å². The van der Waals surface area contributed by atoms with Gasteiger partial charge in [0.1, 0.15) is 17.5 Å². The minimum absolute atomic E-state index is 0.166. The molecule has 1 unspecified atom stereocenters. The Labute approximate surface area is 104 Å². The van der Waals surface area contributed by atoms with E-state index in [0.29, 0.717) is 12.1 Å². The zero-order valence-corrected chi connectivity index (χ0v) is 10.1. The topological polar surface area (TPSA) is 40.7 Å². The molecule has 18 heavy (non-hydrogen) atoms. The van der Waals surface area contributed by atoms with Gasteiger partial charge in [-0.3, -0.25) is 0 Å². The number of benzene rings is 1. The fourth-order valence-corrected chi connectivity index (χ4v) is 1.80. The van der Waals surface area contributed by atoms with Gasteiger partial charge in [0.2, 0.25) is 0 Å². The fraction of sp³-hybridized carbons (Fsp3) is 0.308. The number of halogens is 2. The van der Waals surface area contributed by atoms with Crippen molar-refractivity contribution in [2.24, 2.45) is 0 Å². The van der Waals surface area contributed by atoms with E-state index in [2.05, 4.69) is 15.3 Å². The summed E-state index contributed by atoms with van der Waals surface area (Å²) >= 11 is 0. The molecule has 0 bridgehead atoms. The van der Waals surface area contributed by atoms with Crippen LogP contribution in [0.3, 0.4) is 0 Å². The first-order valence-electron chi connectivity index (χ1n) is 5.83. The van der Waals surface area contributed by atoms with Crippen LogP contribution in [0.15, 0.2) is 30.6 Å². The number of nitrogens with zero attached hydrogens (tertiary/aromatic N) is 1. The molecule has 2 rings (SSSR count). The zero-order valence-electron chi connectivity index (χ0n) is 10.1. The first-order chi connectivity index (χ1) is 8.66. The normalized spacial score (nSPS) is 12.6. The molecule has 96 valence electrons. The van der Waals surface area contributed by atoms with E-state index in [1.165, 1.54) is 12.1 Å². The Bertz CT molecular complexity index is 497. The summed E-state index contributed by atoms with van der Waals surface area (Å²) in [7, 11) is 0. The second kappa shape index (κ2) is 5.73. The van der Waals surface area contributed by atoms with Crippen molar-refractivity contribution < 1.29 is 8.78 Å². The molecular weight excluding hydrogens is 236 g/mol. The maximum absolute atomic E-state index is 13.5. The molecule has 0 spiro atoms. The summed E-state index contributed by atoms with van der Waals surface area (Å²) in [5.41, 5.74) is 0.468. The molecule has 2 aromatic rings. The molecule has 1 heterocycles. The van der Waals surface area contributed by atoms with Crippen molar-refractivity contribution in [3.8, 4) is 0 Å². The van der Waals surface area contributed by atoms with Gasteiger partial charge in [0.05, 0.1) is 0 Å². The highest BCUT2D eigenvalue weighted by Gasteiger charge is 2.11. The summed E-state index contributed by atoms with van der Waals surface area (Å²) in [5.74, 6) is -0.193. The maximum atomic E-state index is 13.5. The van der Waals surface area contributed by atoms with Crippen LogP contribution < -0.4 is 5.32 Å².